The van der Waals surface area contributed by atoms with Gasteiger partial charge in [0, 0.05) is 5.56 Å². The highest BCUT2D eigenvalue weighted by Gasteiger charge is 2.16. The fourth-order valence-corrected chi connectivity index (χ4v) is 3.00. The van der Waals surface area contributed by atoms with Crippen molar-refractivity contribution >= 4 is 17.8 Å². The van der Waals surface area contributed by atoms with Crippen LogP contribution in [0, 0.1) is 0 Å². The number of carbonyl (C=O) groups excluding carboxylic acids is 3. The molecule has 0 aliphatic heterocycles. The minimum absolute atomic E-state index is 0.0294. The lowest BCUT2D eigenvalue weighted by Gasteiger charge is -2.19. The van der Waals surface area contributed by atoms with Gasteiger partial charge < -0.3 is 4.74 Å². The van der Waals surface area contributed by atoms with Gasteiger partial charge in [0.1, 0.15) is 0 Å². The molecule has 0 saturated heterocycles. The van der Waals surface area contributed by atoms with Crippen LogP contribution in [-0.4, -0.2) is 24.4 Å². The fraction of sp³-hybridized carbons (Fsp3) is 0.192. The summed E-state index contributed by atoms with van der Waals surface area (Å²) in [5.74, 6) is -1.84. The van der Waals surface area contributed by atoms with Gasteiger partial charge in [-0.15, -0.1) is 0 Å². The average molecular weight is 415 g/mol. The molecule has 1 N–H and O–H groups in total. The largest absolute Gasteiger partial charge is 0.452 e. The molecule has 3 aromatic carbocycles. The van der Waals surface area contributed by atoms with E-state index in [0.29, 0.717) is 11.1 Å². The Bertz CT molecular complexity index is 1060. The molecule has 5 nitrogen and oxygen atoms in total. The molecule has 0 heterocycles. The smallest absolute Gasteiger partial charge is 0.338 e. The summed E-state index contributed by atoms with van der Waals surface area (Å²) in [6.45, 7) is 5.70. The molecule has 3 rings (SSSR count). The highest BCUT2D eigenvalue weighted by Crippen LogP contribution is 2.22. The SMILES string of the molecule is CC(C)(C)c1ccc(C(=O)NC(=O)COC(=O)c2ccc(-c3ccccc3)cc2)cc1. The summed E-state index contributed by atoms with van der Waals surface area (Å²) < 4.78 is 5.03. The van der Waals surface area contributed by atoms with Crippen LogP contribution in [0.1, 0.15) is 47.1 Å². The van der Waals surface area contributed by atoms with Gasteiger partial charge in [-0.25, -0.2) is 4.79 Å². The Morgan fingerprint density at radius 1 is 0.742 bits per heavy atom. The van der Waals surface area contributed by atoms with E-state index < -0.39 is 24.4 Å². The molecule has 0 spiro atoms. The van der Waals surface area contributed by atoms with Crippen LogP contribution in [0.4, 0.5) is 0 Å². The molecule has 0 bridgehead atoms. The zero-order chi connectivity index (χ0) is 22.4. The quantitative estimate of drug-likeness (QED) is 0.610. The van der Waals surface area contributed by atoms with Crippen molar-refractivity contribution in [2.75, 3.05) is 6.61 Å². The summed E-state index contributed by atoms with van der Waals surface area (Å²) >= 11 is 0. The van der Waals surface area contributed by atoms with Gasteiger partial charge in [0.05, 0.1) is 5.56 Å². The molecule has 5 heteroatoms. The predicted molar refractivity (Wildman–Crippen MR) is 120 cm³/mol. The van der Waals surface area contributed by atoms with E-state index in [2.05, 4.69) is 26.1 Å². The lowest BCUT2D eigenvalue weighted by molar-refractivity contribution is -0.123. The number of esters is 1. The van der Waals surface area contributed by atoms with E-state index >= 15 is 0 Å². The topological polar surface area (TPSA) is 72.5 Å². The maximum absolute atomic E-state index is 12.2. The van der Waals surface area contributed by atoms with Crippen molar-refractivity contribution in [3.05, 3.63) is 95.6 Å². The molecule has 0 saturated carbocycles. The molecule has 0 aliphatic carbocycles. The molecule has 31 heavy (non-hydrogen) atoms. The second-order valence-corrected chi connectivity index (χ2v) is 8.22. The van der Waals surface area contributed by atoms with E-state index in [-0.39, 0.29) is 5.41 Å². The number of benzene rings is 3. The molecule has 0 radical (unpaired) electrons. The van der Waals surface area contributed by atoms with Gasteiger partial charge in [0.15, 0.2) is 6.61 Å². The van der Waals surface area contributed by atoms with Crippen LogP contribution in [0.25, 0.3) is 11.1 Å². The zero-order valence-electron chi connectivity index (χ0n) is 17.8. The monoisotopic (exact) mass is 415 g/mol. The molecule has 0 aromatic heterocycles. The third-order valence-corrected chi connectivity index (χ3v) is 4.83. The second-order valence-electron chi connectivity index (χ2n) is 8.22. The Morgan fingerprint density at radius 2 is 1.29 bits per heavy atom. The summed E-state index contributed by atoms with van der Waals surface area (Å²) in [5, 5.41) is 2.24. The van der Waals surface area contributed by atoms with E-state index in [1.165, 1.54) is 0 Å². The standard InChI is InChI=1S/C26H25NO4/c1-26(2,3)22-15-13-20(14-16-22)24(29)27-23(28)17-31-25(30)21-11-9-19(10-12-21)18-7-5-4-6-8-18/h4-16H,17H2,1-3H3,(H,27,28,29). The number of imide groups is 1. The number of nitrogens with one attached hydrogen (secondary N) is 1. The molecule has 0 aliphatic rings. The first kappa shape index (κ1) is 22.0. The molecular weight excluding hydrogens is 390 g/mol. The van der Waals surface area contributed by atoms with Crippen molar-refractivity contribution in [2.24, 2.45) is 0 Å². The van der Waals surface area contributed by atoms with Gasteiger partial charge in [0.25, 0.3) is 11.8 Å². The minimum atomic E-state index is -0.681. The Kier molecular flexibility index (Phi) is 6.65. The van der Waals surface area contributed by atoms with Crippen LogP contribution in [0.5, 0.6) is 0 Å². The molecule has 158 valence electrons. The Hall–Kier alpha value is -3.73. The summed E-state index contributed by atoms with van der Waals surface area (Å²) in [6.07, 6.45) is 0. The predicted octanol–water partition coefficient (Wildman–Crippen LogP) is 4.76. The van der Waals surface area contributed by atoms with Gasteiger partial charge in [-0.2, -0.15) is 0 Å². The van der Waals surface area contributed by atoms with Crippen LogP contribution < -0.4 is 5.32 Å². The molecule has 0 fully saturated rings. The van der Waals surface area contributed by atoms with E-state index in [9.17, 15) is 14.4 Å². The van der Waals surface area contributed by atoms with Crippen LogP contribution in [0.15, 0.2) is 78.9 Å². The second kappa shape index (κ2) is 9.39. The van der Waals surface area contributed by atoms with Gasteiger partial charge in [-0.1, -0.05) is 75.4 Å². The van der Waals surface area contributed by atoms with Crippen molar-refractivity contribution in [1.82, 2.24) is 5.32 Å². The first-order valence-electron chi connectivity index (χ1n) is 10.0. The number of ether oxygens (including phenoxy) is 1. The van der Waals surface area contributed by atoms with Crippen molar-refractivity contribution < 1.29 is 19.1 Å². The van der Waals surface area contributed by atoms with Gasteiger partial charge in [0.2, 0.25) is 0 Å². The van der Waals surface area contributed by atoms with E-state index in [1.807, 2.05) is 54.6 Å². The van der Waals surface area contributed by atoms with E-state index in [4.69, 9.17) is 4.74 Å². The molecule has 0 unspecified atom stereocenters. The van der Waals surface area contributed by atoms with Crippen LogP contribution in [0.3, 0.4) is 0 Å². The highest BCUT2D eigenvalue weighted by atomic mass is 16.5. The Labute approximate surface area is 182 Å². The third-order valence-electron chi connectivity index (χ3n) is 4.83. The van der Waals surface area contributed by atoms with Crippen molar-refractivity contribution in [1.29, 1.82) is 0 Å². The van der Waals surface area contributed by atoms with Gasteiger partial charge in [-0.3, -0.25) is 14.9 Å². The summed E-state index contributed by atoms with van der Waals surface area (Å²) in [7, 11) is 0. The first-order chi connectivity index (χ1) is 14.7. The minimum Gasteiger partial charge on any atom is -0.452 e. The molecular formula is C26H25NO4. The van der Waals surface area contributed by atoms with E-state index in [0.717, 1.165) is 16.7 Å². The summed E-state index contributed by atoms with van der Waals surface area (Å²) in [6, 6.07) is 23.8. The maximum Gasteiger partial charge on any atom is 0.338 e. The third kappa shape index (κ3) is 5.89. The van der Waals surface area contributed by atoms with Crippen molar-refractivity contribution in [3.63, 3.8) is 0 Å². The van der Waals surface area contributed by atoms with Crippen molar-refractivity contribution in [2.45, 2.75) is 26.2 Å². The number of hydrogen-bond donors (Lipinski definition) is 1. The van der Waals surface area contributed by atoms with Gasteiger partial charge >= 0.3 is 5.97 Å². The van der Waals surface area contributed by atoms with E-state index in [1.54, 1.807) is 24.3 Å². The normalized spacial score (nSPS) is 10.9. The van der Waals surface area contributed by atoms with Crippen LogP contribution in [-0.2, 0) is 14.9 Å². The maximum atomic E-state index is 12.2. The molecule has 2 amide bonds. The van der Waals surface area contributed by atoms with Crippen molar-refractivity contribution in [3.8, 4) is 11.1 Å². The number of rotatable bonds is 5. The Morgan fingerprint density at radius 3 is 1.87 bits per heavy atom. The fourth-order valence-electron chi connectivity index (χ4n) is 3.00. The Balaban J connectivity index is 1.52. The van der Waals surface area contributed by atoms with Crippen LogP contribution in [0.2, 0.25) is 0 Å². The van der Waals surface area contributed by atoms with Gasteiger partial charge in [-0.05, 0) is 46.4 Å². The summed E-state index contributed by atoms with van der Waals surface area (Å²) in [4.78, 5) is 36.4. The lowest BCUT2D eigenvalue weighted by atomic mass is 9.87. The zero-order valence-corrected chi connectivity index (χ0v) is 17.8. The number of hydrogen-bond acceptors (Lipinski definition) is 4. The number of amides is 2. The molecule has 0 atom stereocenters. The average Bonchev–Trinajstić information content (AvgIpc) is 2.77. The first-order valence-corrected chi connectivity index (χ1v) is 10.0. The highest BCUT2D eigenvalue weighted by molar-refractivity contribution is 6.05. The lowest BCUT2D eigenvalue weighted by Crippen LogP contribution is -2.34. The molecule has 3 aromatic rings. The van der Waals surface area contributed by atoms with Crippen LogP contribution >= 0.6 is 0 Å². The number of carbonyl (C=O) groups is 3. The summed E-state index contributed by atoms with van der Waals surface area (Å²) in [5.41, 5.74) is 3.76.